The number of benzene rings is 1. The summed E-state index contributed by atoms with van der Waals surface area (Å²) in [7, 11) is 0. The molecule has 7 heteroatoms. The van der Waals surface area contributed by atoms with Crippen molar-refractivity contribution in [2.75, 3.05) is 6.54 Å². The van der Waals surface area contributed by atoms with Crippen LogP contribution < -0.4 is 5.32 Å². The van der Waals surface area contributed by atoms with E-state index in [1.165, 1.54) is 6.07 Å². The van der Waals surface area contributed by atoms with Gasteiger partial charge in [0.05, 0.1) is 12.2 Å². The molecule has 122 valence electrons. The van der Waals surface area contributed by atoms with Crippen molar-refractivity contribution in [2.45, 2.75) is 33.4 Å². The number of nitrogens with zero attached hydrogens (tertiary/aromatic N) is 2. The third-order valence-electron chi connectivity index (χ3n) is 4.00. The van der Waals surface area contributed by atoms with Crippen molar-refractivity contribution < 1.29 is 13.6 Å². The number of nitrogens with one attached hydrogen (secondary N) is 1. The molecule has 2 aromatic rings. The lowest BCUT2D eigenvalue weighted by atomic mass is 9.99. The van der Waals surface area contributed by atoms with Crippen molar-refractivity contribution >= 4 is 17.4 Å². The minimum absolute atomic E-state index is 0.214. The van der Waals surface area contributed by atoms with Gasteiger partial charge in [0.2, 0.25) is 0 Å². The predicted molar refractivity (Wildman–Crippen MR) is 84.3 cm³/mol. The van der Waals surface area contributed by atoms with Gasteiger partial charge < -0.3 is 10.2 Å². The number of urea groups is 1. The van der Waals surface area contributed by atoms with Crippen LogP contribution in [-0.2, 0) is 19.5 Å². The Balaban J connectivity index is 1.65. The van der Waals surface area contributed by atoms with Crippen molar-refractivity contribution in [2.24, 2.45) is 0 Å². The van der Waals surface area contributed by atoms with E-state index in [1.54, 1.807) is 16.2 Å². The first-order valence-corrected chi connectivity index (χ1v) is 8.18. The van der Waals surface area contributed by atoms with Gasteiger partial charge in [-0.3, -0.25) is 0 Å². The highest BCUT2D eigenvalue weighted by Crippen LogP contribution is 2.23. The van der Waals surface area contributed by atoms with Crippen molar-refractivity contribution in [3.8, 4) is 0 Å². The highest BCUT2D eigenvalue weighted by Gasteiger charge is 2.23. The van der Waals surface area contributed by atoms with E-state index in [-0.39, 0.29) is 12.6 Å². The van der Waals surface area contributed by atoms with Crippen LogP contribution in [0.25, 0.3) is 0 Å². The average Bonchev–Trinajstić information content (AvgIpc) is 2.82. The number of halogens is 2. The molecule has 0 saturated carbocycles. The van der Waals surface area contributed by atoms with Crippen LogP contribution in [0.1, 0.15) is 26.7 Å². The van der Waals surface area contributed by atoms with Gasteiger partial charge in [-0.1, -0.05) is 0 Å². The predicted octanol–water partition coefficient (Wildman–Crippen LogP) is 3.31. The second kappa shape index (κ2) is 6.23. The monoisotopic (exact) mass is 337 g/mol. The molecule has 4 nitrogen and oxygen atoms in total. The average molecular weight is 337 g/mol. The van der Waals surface area contributed by atoms with Gasteiger partial charge in [0.25, 0.3) is 0 Å². The first-order valence-electron chi connectivity index (χ1n) is 7.36. The lowest BCUT2D eigenvalue weighted by Gasteiger charge is -2.29. The molecule has 0 radical (unpaired) electrons. The van der Waals surface area contributed by atoms with E-state index in [0.717, 1.165) is 21.6 Å². The summed E-state index contributed by atoms with van der Waals surface area (Å²) in [6.07, 6.45) is 0.393. The highest BCUT2D eigenvalue weighted by atomic mass is 32.1. The van der Waals surface area contributed by atoms with Gasteiger partial charge in [-0.25, -0.2) is 18.6 Å². The Morgan fingerprint density at radius 3 is 2.87 bits per heavy atom. The molecular formula is C16H17F2N3OS. The number of thiazole rings is 1. The first-order chi connectivity index (χ1) is 10.9. The van der Waals surface area contributed by atoms with Crippen molar-refractivity contribution in [1.82, 2.24) is 15.2 Å². The largest absolute Gasteiger partial charge is 0.331 e. The summed E-state index contributed by atoms with van der Waals surface area (Å²) in [6, 6.07) is 1.94. The first kappa shape index (κ1) is 15.9. The summed E-state index contributed by atoms with van der Waals surface area (Å²) in [5.41, 5.74) is 2.00. The lowest BCUT2D eigenvalue weighted by molar-refractivity contribution is 0.191. The third kappa shape index (κ3) is 3.34. The van der Waals surface area contributed by atoms with Crippen LogP contribution in [0.4, 0.5) is 13.6 Å². The molecule has 0 saturated heterocycles. The minimum Gasteiger partial charge on any atom is -0.331 e. The van der Waals surface area contributed by atoms with E-state index in [9.17, 15) is 13.6 Å². The molecule has 0 bridgehead atoms. The van der Waals surface area contributed by atoms with E-state index in [0.29, 0.717) is 30.6 Å². The van der Waals surface area contributed by atoms with Crippen LogP contribution in [0, 0.1) is 25.5 Å². The Kier molecular flexibility index (Phi) is 4.30. The maximum atomic E-state index is 13.7. The fourth-order valence-corrected chi connectivity index (χ4v) is 3.53. The number of aryl methyl sites for hydroxylation is 2. The summed E-state index contributed by atoms with van der Waals surface area (Å²) in [4.78, 5) is 19.3. The summed E-state index contributed by atoms with van der Waals surface area (Å²) in [5.74, 6) is -1.15. The van der Waals surface area contributed by atoms with Crippen LogP contribution in [0.15, 0.2) is 12.1 Å². The normalized spacial score (nSPS) is 13.8. The maximum Gasteiger partial charge on any atom is 0.318 e. The molecule has 0 fully saturated rings. The van der Waals surface area contributed by atoms with Crippen molar-refractivity contribution in [1.29, 1.82) is 0 Å². The number of fused-ring (bicyclic) bond motifs is 1. The Bertz CT molecular complexity index is 741. The fraction of sp³-hybridized carbons (Fsp3) is 0.375. The van der Waals surface area contributed by atoms with Crippen molar-refractivity contribution in [3.05, 3.63) is 50.5 Å². The number of carbonyl (C=O) groups excluding carboxylic acids is 1. The van der Waals surface area contributed by atoms with Gasteiger partial charge in [-0.2, -0.15) is 0 Å². The van der Waals surface area contributed by atoms with E-state index < -0.39 is 11.6 Å². The van der Waals surface area contributed by atoms with E-state index in [1.807, 2.05) is 13.8 Å². The number of rotatable bonds is 2. The molecule has 3 rings (SSSR count). The molecule has 1 aromatic carbocycles. The summed E-state index contributed by atoms with van der Waals surface area (Å²) in [6.45, 7) is 4.91. The van der Waals surface area contributed by atoms with Crippen LogP contribution in [-0.4, -0.2) is 22.5 Å². The Morgan fingerprint density at radius 1 is 1.39 bits per heavy atom. The molecule has 0 aliphatic carbocycles. The quantitative estimate of drug-likeness (QED) is 0.914. The second-order valence-corrected chi connectivity index (χ2v) is 6.89. The molecule has 0 unspecified atom stereocenters. The van der Waals surface area contributed by atoms with Gasteiger partial charge >= 0.3 is 6.03 Å². The molecule has 0 spiro atoms. The number of amides is 2. The zero-order valence-electron chi connectivity index (χ0n) is 12.9. The van der Waals surface area contributed by atoms with Crippen LogP contribution in [0.2, 0.25) is 0 Å². The van der Waals surface area contributed by atoms with E-state index >= 15 is 0 Å². The van der Waals surface area contributed by atoms with Crippen LogP contribution in [0.3, 0.4) is 0 Å². The Morgan fingerprint density at radius 2 is 2.17 bits per heavy atom. The van der Waals surface area contributed by atoms with Gasteiger partial charge in [0.15, 0.2) is 0 Å². The molecule has 1 aliphatic rings. The number of aromatic nitrogens is 1. The topological polar surface area (TPSA) is 45.2 Å². The molecule has 2 amide bonds. The van der Waals surface area contributed by atoms with Crippen molar-refractivity contribution in [3.63, 3.8) is 0 Å². The SMILES string of the molecule is Cc1nc(CNC(=O)N2CCc3c(F)cc(F)cc3C2)sc1C. The van der Waals surface area contributed by atoms with Gasteiger partial charge in [-0.05, 0) is 37.5 Å². The summed E-state index contributed by atoms with van der Waals surface area (Å²) < 4.78 is 27.0. The molecule has 0 atom stereocenters. The number of hydrogen-bond donors (Lipinski definition) is 1. The smallest absolute Gasteiger partial charge is 0.318 e. The number of carbonyl (C=O) groups is 1. The number of hydrogen-bond acceptors (Lipinski definition) is 3. The van der Waals surface area contributed by atoms with Crippen LogP contribution in [0.5, 0.6) is 0 Å². The summed E-state index contributed by atoms with van der Waals surface area (Å²) in [5, 5.41) is 3.67. The fourth-order valence-electron chi connectivity index (χ4n) is 2.66. The molecule has 1 N–H and O–H groups in total. The second-order valence-electron chi connectivity index (χ2n) is 5.60. The molecule has 23 heavy (non-hydrogen) atoms. The zero-order chi connectivity index (χ0) is 16.6. The minimum atomic E-state index is -0.614. The molecule has 1 aliphatic heterocycles. The Hall–Kier alpha value is -2.02. The van der Waals surface area contributed by atoms with Gasteiger partial charge in [0, 0.05) is 24.0 Å². The molecule has 2 heterocycles. The third-order valence-corrected chi connectivity index (χ3v) is 5.07. The Labute approximate surface area is 137 Å². The standard InChI is InChI=1S/C16H17F2N3OS/c1-9-10(2)23-15(20-9)7-19-16(22)21-4-3-13-11(8-21)5-12(17)6-14(13)18/h5-6H,3-4,7-8H2,1-2H3,(H,19,22). The summed E-state index contributed by atoms with van der Waals surface area (Å²) >= 11 is 1.55. The molecular weight excluding hydrogens is 320 g/mol. The highest BCUT2D eigenvalue weighted by molar-refractivity contribution is 7.11. The van der Waals surface area contributed by atoms with E-state index in [4.69, 9.17) is 0 Å². The van der Waals surface area contributed by atoms with Gasteiger partial charge in [0.1, 0.15) is 16.6 Å². The lowest BCUT2D eigenvalue weighted by Crippen LogP contribution is -2.42. The van der Waals surface area contributed by atoms with Gasteiger partial charge in [-0.15, -0.1) is 11.3 Å². The van der Waals surface area contributed by atoms with E-state index in [2.05, 4.69) is 10.3 Å². The van der Waals surface area contributed by atoms with Crippen LogP contribution >= 0.6 is 11.3 Å². The zero-order valence-corrected chi connectivity index (χ0v) is 13.8. The maximum absolute atomic E-state index is 13.7. The molecule has 1 aromatic heterocycles.